The zero-order valence-electron chi connectivity index (χ0n) is 12.2. The van der Waals surface area contributed by atoms with E-state index < -0.39 is 0 Å². The molecule has 5 nitrogen and oxygen atoms in total. The van der Waals surface area contributed by atoms with E-state index >= 15 is 0 Å². The maximum absolute atomic E-state index is 12.2. The second-order valence-electron chi connectivity index (χ2n) is 5.56. The van der Waals surface area contributed by atoms with E-state index in [1.54, 1.807) is 6.20 Å². The normalized spacial score (nSPS) is 22.5. The van der Waals surface area contributed by atoms with E-state index in [2.05, 4.69) is 23.8 Å². The highest BCUT2D eigenvalue weighted by Gasteiger charge is 2.30. The summed E-state index contributed by atoms with van der Waals surface area (Å²) in [6.07, 6.45) is 4.70. The lowest BCUT2D eigenvalue weighted by Gasteiger charge is -2.24. The molecule has 2 unspecified atom stereocenters. The molecule has 2 atom stereocenters. The van der Waals surface area contributed by atoms with E-state index in [-0.39, 0.29) is 10.6 Å². The van der Waals surface area contributed by atoms with Crippen molar-refractivity contribution in [2.75, 3.05) is 18.0 Å². The monoisotopic (exact) mass is 298 g/mol. The molecule has 1 fully saturated rings. The zero-order valence-corrected chi connectivity index (χ0v) is 12.9. The number of nitrogens with two attached hydrogens (primary N) is 1. The van der Waals surface area contributed by atoms with Crippen LogP contribution in [-0.4, -0.2) is 28.9 Å². The van der Waals surface area contributed by atoms with Crippen LogP contribution < -0.4 is 16.2 Å². The Morgan fingerprint density at radius 2 is 2.30 bits per heavy atom. The topological polar surface area (TPSA) is 64.2 Å². The molecule has 1 aromatic heterocycles. The van der Waals surface area contributed by atoms with Gasteiger partial charge in [0.1, 0.15) is 5.02 Å². The lowest BCUT2D eigenvalue weighted by atomic mass is 10.1. The van der Waals surface area contributed by atoms with E-state index in [1.165, 1.54) is 4.68 Å². The van der Waals surface area contributed by atoms with Crippen LogP contribution >= 0.6 is 11.6 Å². The van der Waals surface area contributed by atoms with Gasteiger partial charge in [0.25, 0.3) is 5.56 Å². The first-order valence-corrected chi connectivity index (χ1v) is 7.68. The van der Waals surface area contributed by atoms with Crippen LogP contribution in [0.25, 0.3) is 0 Å². The second-order valence-corrected chi connectivity index (χ2v) is 5.94. The van der Waals surface area contributed by atoms with Crippen molar-refractivity contribution in [3.05, 3.63) is 21.6 Å². The summed E-state index contributed by atoms with van der Waals surface area (Å²) in [5.41, 5.74) is 6.29. The van der Waals surface area contributed by atoms with Gasteiger partial charge in [-0.25, -0.2) is 4.68 Å². The van der Waals surface area contributed by atoms with Gasteiger partial charge in [-0.1, -0.05) is 24.9 Å². The lowest BCUT2D eigenvalue weighted by molar-refractivity contribution is 0.542. The molecule has 112 valence electrons. The highest BCUT2D eigenvalue weighted by molar-refractivity contribution is 6.33. The highest BCUT2D eigenvalue weighted by Crippen LogP contribution is 2.31. The predicted octanol–water partition coefficient (Wildman–Crippen LogP) is 1.87. The number of rotatable bonds is 5. The van der Waals surface area contributed by atoms with Crippen molar-refractivity contribution in [3.8, 4) is 0 Å². The van der Waals surface area contributed by atoms with Crippen molar-refractivity contribution < 1.29 is 0 Å². The fraction of sp³-hybridized carbons (Fsp3) is 0.714. The first-order valence-electron chi connectivity index (χ1n) is 7.30. The molecule has 0 saturated carbocycles. The maximum atomic E-state index is 12.2. The molecule has 20 heavy (non-hydrogen) atoms. The van der Waals surface area contributed by atoms with Crippen LogP contribution in [0, 0.1) is 5.92 Å². The van der Waals surface area contributed by atoms with Crippen molar-refractivity contribution in [3.63, 3.8) is 0 Å². The third-order valence-electron chi connectivity index (χ3n) is 3.99. The molecular formula is C14H23ClN4O. The van der Waals surface area contributed by atoms with E-state index in [0.29, 0.717) is 25.0 Å². The van der Waals surface area contributed by atoms with Gasteiger partial charge in [0.05, 0.1) is 11.9 Å². The quantitative estimate of drug-likeness (QED) is 0.901. The van der Waals surface area contributed by atoms with Gasteiger partial charge in [-0.15, -0.1) is 0 Å². The number of halogens is 1. The predicted molar refractivity (Wildman–Crippen MR) is 82.4 cm³/mol. The van der Waals surface area contributed by atoms with E-state index in [1.807, 2.05) is 0 Å². The summed E-state index contributed by atoms with van der Waals surface area (Å²) in [6.45, 7) is 6.35. The van der Waals surface area contributed by atoms with Crippen LogP contribution in [0.3, 0.4) is 0 Å². The Balaban J connectivity index is 2.25. The molecule has 0 spiro atoms. The van der Waals surface area contributed by atoms with Gasteiger partial charge in [0.2, 0.25) is 0 Å². The number of nitrogens with zero attached hydrogens (tertiary/aromatic N) is 3. The highest BCUT2D eigenvalue weighted by atomic mass is 35.5. The minimum absolute atomic E-state index is 0.194. The SMILES string of the molecule is CCCCn1ncc(N2CC(CN)CC2C)c(Cl)c1=O. The van der Waals surface area contributed by atoms with Crippen molar-refractivity contribution in [2.45, 2.75) is 45.7 Å². The first kappa shape index (κ1) is 15.3. The molecule has 6 heteroatoms. The molecule has 0 bridgehead atoms. The van der Waals surface area contributed by atoms with Crippen molar-refractivity contribution in [1.29, 1.82) is 0 Å². The number of unbranched alkanes of at least 4 members (excludes halogenated alkanes) is 1. The third kappa shape index (κ3) is 2.99. The van der Waals surface area contributed by atoms with Crippen LogP contribution in [0.5, 0.6) is 0 Å². The van der Waals surface area contributed by atoms with Crippen LogP contribution in [0.4, 0.5) is 5.69 Å². The van der Waals surface area contributed by atoms with Gasteiger partial charge in [0.15, 0.2) is 0 Å². The summed E-state index contributed by atoms with van der Waals surface area (Å²) in [5.74, 6) is 0.462. The third-order valence-corrected chi connectivity index (χ3v) is 4.35. The summed E-state index contributed by atoms with van der Waals surface area (Å²) in [5, 5.41) is 4.53. The zero-order chi connectivity index (χ0) is 14.7. The van der Waals surface area contributed by atoms with Gasteiger partial charge in [-0.3, -0.25) is 4.79 Å². The maximum Gasteiger partial charge on any atom is 0.287 e. The van der Waals surface area contributed by atoms with Crippen LogP contribution in [0.15, 0.2) is 11.0 Å². The summed E-state index contributed by atoms with van der Waals surface area (Å²) < 4.78 is 1.45. The summed E-state index contributed by atoms with van der Waals surface area (Å²) >= 11 is 6.27. The number of anilines is 1. The molecule has 1 saturated heterocycles. The average Bonchev–Trinajstić information content (AvgIpc) is 2.82. The van der Waals surface area contributed by atoms with Crippen LogP contribution in [0.2, 0.25) is 5.02 Å². The minimum Gasteiger partial charge on any atom is -0.366 e. The Kier molecular flexibility index (Phi) is 5.05. The summed E-state index contributed by atoms with van der Waals surface area (Å²) in [6, 6.07) is 0.341. The first-order chi connectivity index (χ1) is 9.58. The summed E-state index contributed by atoms with van der Waals surface area (Å²) in [4.78, 5) is 14.4. The van der Waals surface area contributed by atoms with Crippen LogP contribution in [0.1, 0.15) is 33.1 Å². The average molecular weight is 299 g/mol. The molecule has 1 aromatic rings. The van der Waals surface area contributed by atoms with E-state index in [4.69, 9.17) is 17.3 Å². The number of aryl methyl sites for hydroxylation is 1. The number of hydrogen-bond acceptors (Lipinski definition) is 4. The van der Waals surface area contributed by atoms with Crippen molar-refractivity contribution in [2.24, 2.45) is 11.7 Å². The van der Waals surface area contributed by atoms with E-state index in [9.17, 15) is 4.79 Å². The molecular weight excluding hydrogens is 276 g/mol. The molecule has 0 aromatic carbocycles. The van der Waals surface area contributed by atoms with Gasteiger partial charge < -0.3 is 10.6 Å². The van der Waals surface area contributed by atoms with Gasteiger partial charge >= 0.3 is 0 Å². The molecule has 1 aliphatic heterocycles. The number of hydrogen-bond donors (Lipinski definition) is 1. The Bertz CT molecular complexity index is 516. The Hall–Kier alpha value is -1.07. The smallest absolute Gasteiger partial charge is 0.287 e. The fourth-order valence-electron chi connectivity index (χ4n) is 2.77. The van der Waals surface area contributed by atoms with Crippen molar-refractivity contribution in [1.82, 2.24) is 9.78 Å². The largest absolute Gasteiger partial charge is 0.366 e. The minimum atomic E-state index is -0.194. The van der Waals surface area contributed by atoms with Gasteiger partial charge in [0, 0.05) is 19.1 Å². The molecule has 0 aliphatic carbocycles. The molecule has 2 N–H and O–H groups in total. The van der Waals surface area contributed by atoms with E-state index in [0.717, 1.165) is 31.5 Å². The summed E-state index contributed by atoms with van der Waals surface area (Å²) in [7, 11) is 0. The van der Waals surface area contributed by atoms with Crippen molar-refractivity contribution >= 4 is 17.3 Å². The Morgan fingerprint density at radius 3 is 2.90 bits per heavy atom. The Morgan fingerprint density at radius 1 is 1.55 bits per heavy atom. The lowest BCUT2D eigenvalue weighted by Crippen LogP contribution is -2.32. The fourth-order valence-corrected chi connectivity index (χ4v) is 3.03. The molecule has 0 radical (unpaired) electrons. The molecule has 1 aliphatic rings. The number of aromatic nitrogens is 2. The standard InChI is InChI=1S/C14H23ClN4O/c1-3-4-5-19-14(20)13(15)12(8-17-19)18-9-11(7-16)6-10(18)2/h8,10-11H,3-7,9,16H2,1-2H3. The molecule has 2 rings (SSSR count). The van der Waals surface area contributed by atoms with Gasteiger partial charge in [-0.2, -0.15) is 5.10 Å². The second kappa shape index (κ2) is 6.59. The van der Waals surface area contributed by atoms with Gasteiger partial charge in [-0.05, 0) is 32.2 Å². The Labute approximate surface area is 124 Å². The molecule has 2 heterocycles. The van der Waals surface area contributed by atoms with Crippen LogP contribution in [-0.2, 0) is 6.54 Å². The molecule has 0 amide bonds.